The molecule has 0 saturated heterocycles. The topological polar surface area (TPSA) is 45.8 Å². The van der Waals surface area contributed by atoms with Gasteiger partial charge in [0.2, 0.25) is 0 Å². The van der Waals surface area contributed by atoms with Gasteiger partial charge in [-0.05, 0) is 18.3 Å². The number of hydrogen-bond acceptors (Lipinski definition) is 2. The second-order valence-corrected chi connectivity index (χ2v) is 3.57. The van der Waals surface area contributed by atoms with E-state index in [0.717, 1.165) is 17.7 Å². The molecule has 0 saturated carbocycles. The molecule has 1 aromatic rings. The third kappa shape index (κ3) is 0.891. The van der Waals surface area contributed by atoms with Crippen molar-refractivity contribution in [2.75, 3.05) is 0 Å². The van der Waals surface area contributed by atoms with Gasteiger partial charge in [0.05, 0.1) is 12.0 Å². The van der Waals surface area contributed by atoms with E-state index >= 15 is 0 Å². The molecule has 3 heteroatoms. The van der Waals surface area contributed by atoms with Crippen molar-refractivity contribution in [3.05, 3.63) is 27.9 Å². The van der Waals surface area contributed by atoms with Crippen molar-refractivity contribution in [1.82, 2.24) is 9.97 Å². The van der Waals surface area contributed by atoms with Gasteiger partial charge in [-0.15, -0.1) is 0 Å². The van der Waals surface area contributed by atoms with E-state index in [1.54, 1.807) is 0 Å². The standard InChI is InChI=1S/C9H12N2O/c1-5-3-6(2)8-7(5)9(12)11-4-10-8/h4-6H,3H2,1-2H3,(H,10,11,12). The van der Waals surface area contributed by atoms with Crippen molar-refractivity contribution in [2.24, 2.45) is 0 Å². The van der Waals surface area contributed by atoms with Gasteiger partial charge in [-0.25, -0.2) is 4.98 Å². The van der Waals surface area contributed by atoms with E-state index in [4.69, 9.17) is 0 Å². The van der Waals surface area contributed by atoms with Crippen LogP contribution in [0.15, 0.2) is 11.1 Å². The van der Waals surface area contributed by atoms with Crippen molar-refractivity contribution in [2.45, 2.75) is 32.1 Å². The molecule has 1 N–H and O–H groups in total. The molecule has 0 aliphatic heterocycles. The summed E-state index contributed by atoms with van der Waals surface area (Å²) in [7, 11) is 0. The largest absolute Gasteiger partial charge is 0.313 e. The summed E-state index contributed by atoms with van der Waals surface area (Å²) < 4.78 is 0. The van der Waals surface area contributed by atoms with Gasteiger partial charge in [0.15, 0.2) is 0 Å². The highest BCUT2D eigenvalue weighted by molar-refractivity contribution is 5.29. The maximum Gasteiger partial charge on any atom is 0.254 e. The van der Waals surface area contributed by atoms with Crippen molar-refractivity contribution < 1.29 is 0 Å². The molecule has 1 aliphatic rings. The van der Waals surface area contributed by atoms with Crippen LogP contribution in [0.4, 0.5) is 0 Å². The van der Waals surface area contributed by atoms with Gasteiger partial charge in [-0.2, -0.15) is 0 Å². The lowest BCUT2D eigenvalue weighted by atomic mass is 10.1. The molecule has 2 unspecified atom stereocenters. The lowest BCUT2D eigenvalue weighted by Gasteiger charge is -1.99. The lowest BCUT2D eigenvalue weighted by molar-refractivity contribution is 0.654. The number of H-pyrrole nitrogens is 1. The van der Waals surface area contributed by atoms with E-state index < -0.39 is 0 Å². The molecule has 0 amide bonds. The van der Waals surface area contributed by atoms with Crippen molar-refractivity contribution in [3.63, 3.8) is 0 Å². The highest BCUT2D eigenvalue weighted by Gasteiger charge is 2.28. The van der Waals surface area contributed by atoms with Crippen LogP contribution in [-0.2, 0) is 0 Å². The summed E-state index contributed by atoms with van der Waals surface area (Å²) in [6.45, 7) is 4.20. The SMILES string of the molecule is CC1CC(C)c2c1nc[nH]c2=O. The lowest BCUT2D eigenvalue weighted by Crippen LogP contribution is -2.14. The minimum Gasteiger partial charge on any atom is -0.313 e. The van der Waals surface area contributed by atoms with Crippen LogP contribution in [0.1, 0.15) is 43.4 Å². The maximum atomic E-state index is 11.4. The van der Waals surface area contributed by atoms with E-state index in [0.29, 0.717) is 11.8 Å². The summed E-state index contributed by atoms with van der Waals surface area (Å²) >= 11 is 0. The Kier molecular flexibility index (Phi) is 1.53. The Labute approximate surface area is 70.9 Å². The van der Waals surface area contributed by atoms with Crippen molar-refractivity contribution in [3.8, 4) is 0 Å². The van der Waals surface area contributed by atoms with Crippen LogP contribution in [0.2, 0.25) is 0 Å². The third-order valence-electron chi connectivity index (χ3n) is 2.59. The van der Waals surface area contributed by atoms with Crippen LogP contribution in [0.5, 0.6) is 0 Å². The second-order valence-electron chi connectivity index (χ2n) is 3.57. The predicted octanol–water partition coefficient (Wildman–Crippen LogP) is 1.38. The third-order valence-corrected chi connectivity index (χ3v) is 2.59. The van der Waals surface area contributed by atoms with Gasteiger partial charge in [-0.3, -0.25) is 4.79 Å². The Morgan fingerprint density at radius 2 is 2.25 bits per heavy atom. The Morgan fingerprint density at radius 3 is 2.92 bits per heavy atom. The normalized spacial score (nSPS) is 27.2. The fourth-order valence-electron chi connectivity index (χ4n) is 2.05. The molecule has 12 heavy (non-hydrogen) atoms. The van der Waals surface area contributed by atoms with Gasteiger partial charge in [-0.1, -0.05) is 13.8 Å². The highest BCUT2D eigenvalue weighted by atomic mass is 16.1. The minimum absolute atomic E-state index is 0.0388. The van der Waals surface area contributed by atoms with Gasteiger partial charge < -0.3 is 4.98 Å². The Morgan fingerprint density at radius 1 is 1.50 bits per heavy atom. The molecule has 1 aliphatic carbocycles. The quantitative estimate of drug-likeness (QED) is 0.629. The predicted molar refractivity (Wildman–Crippen MR) is 46.3 cm³/mol. The van der Waals surface area contributed by atoms with Crippen LogP contribution in [-0.4, -0.2) is 9.97 Å². The zero-order valence-electron chi connectivity index (χ0n) is 7.29. The smallest absolute Gasteiger partial charge is 0.254 e. The Balaban J connectivity index is 2.67. The molecule has 2 rings (SSSR count). The van der Waals surface area contributed by atoms with Crippen LogP contribution in [0.25, 0.3) is 0 Å². The monoisotopic (exact) mass is 164 g/mol. The van der Waals surface area contributed by atoms with Gasteiger partial charge >= 0.3 is 0 Å². The average Bonchev–Trinajstić information content (AvgIpc) is 2.29. The summed E-state index contributed by atoms with van der Waals surface area (Å²) in [5, 5.41) is 0. The van der Waals surface area contributed by atoms with Crippen LogP contribution in [0.3, 0.4) is 0 Å². The molecular weight excluding hydrogens is 152 g/mol. The fourth-order valence-corrected chi connectivity index (χ4v) is 2.05. The first kappa shape index (κ1) is 7.53. The van der Waals surface area contributed by atoms with Gasteiger partial charge in [0.25, 0.3) is 5.56 Å². The number of fused-ring (bicyclic) bond motifs is 1. The molecule has 0 radical (unpaired) electrons. The fraction of sp³-hybridized carbons (Fsp3) is 0.556. The number of aromatic nitrogens is 2. The van der Waals surface area contributed by atoms with Crippen molar-refractivity contribution in [1.29, 1.82) is 0 Å². The van der Waals surface area contributed by atoms with E-state index in [1.165, 1.54) is 6.33 Å². The van der Waals surface area contributed by atoms with E-state index in [-0.39, 0.29) is 5.56 Å². The number of aromatic amines is 1. The zero-order valence-corrected chi connectivity index (χ0v) is 7.29. The molecule has 2 atom stereocenters. The first-order valence-electron chi connectivity index (χ1n) is 4.27. The Hall–Kier alpha value is -1.12. The average molecular weight is 164 g/mol. The summed E-state index contributed by atoms with van der Waals surface area (Å²) in [6.07, 6.45) is 2.55. The molecule has 1 aromatic heterocycles. The van der Waals surface area contributed by atoms with Gasteiger partial charge in [0, 0.05) is 5.56 Å². The number of nitrogens with one attached hydrogen (secondary N) is 1. The first-order chi connectivity index (χ1) is 5.70. The number of nitrogens with zero attached hydrogens (tertiary/aromatic N) is 1. The summed E-state index contributed by atoms with van der Waals surface area (Å²) in [5.41, 5.74) is 1.92. The summed E-state index contributed by atoms with van der Waals surface area (Å²) in [5.74, 6) is 0.810. The van der Waals surface area contributed by atoms with E-state index in [2.05, 4.69) is 23.8 Å². The molecule has 1 heterocycles. The van der Waals surface area contributed by atoms with Crippen LogP contribution >= 0.6 is 0 Å². The van der Waals surface area contributed by atoms with Crippen LogP contribution < -0.4 is 5.56 Å². The second kappa shape index (κ2) is 2.44. The van der Waals surface area contributed by atoms with Crippen LogP contribution in [0, 0.1) is 0 Å². The van der Waals surface area contributed by atoms with Gasteiger partial charge in [0.1, 0.15) is 0 Å². The maximum absolute atomic E-state index is 11.4. The zero-order chi connectivity index (χ0) is 8.72. The van der Waals surface area contributed by atoms with E-state index in [1.807, 2.05) is 0 Å². The molecule has 3 nitrogen and oxygen atoms in total. The molecule has 64 valence electrons. The molecule has 0 aromatic carbocycles. The minimum atomic E-state index is 0.0388. The molecule has 0 bridgehead atoms. The number of hydrogen-bond donors (Lipinski definition) is 1. The summed E-state index contributed by atoms with van der Waals surface area (Å²) in [4.78, 5) is 18.2. The van der Waals surface area contributed by atoms with Crippen molar-refractivity contribution >= 4 is 0 Å². The highest BCUT2D eigenvalue weighted by Crippen LogP contribution is 2.36. The number of rotatable bonds is 0. The van der Waals surface area contributed by atoms with E-state index in [9.17, 15) is 4.79 Å². The summed E-state index contributed by atoms with van der Waals surface area (Å²) in [6, 6.07) is 0. The first-order valence-corrected chi connectivity index (χ1v) is 4.27. The molecular formula is C9H12N2O. The molecule has 0 spiro atoms. The molecule has 0 fully saturated rings. The Bertz CT molecular complexity index is 356.